The van der Waals surface area contributed by atoms with Crippen LogP contribution in [0.2, 0.25) is 8.67 Å². The van der Waals surface area contributed by atoms with Crippen molar-refractivity contribution in [2.45, 2.75) is 11.1 Å². The predicted octanol–water partition coefficient (Wildman–Crippen LogP) is 3.98. The van der Waals surface area contributed by atoms with Crippen LogP contribution in [0.1, 0.15) is 19.3 Å². The summed E-state index contributed by atoms with van der Waals surface area (Å²) in [4.78, 5) is 21.4. The Morgan fingerprint density at radius 2 is 1.67 bits per heavy atom. The molecular weight excluding hydrogens is 434 g/mol. The van der Waals surface area contributed by atoms with Crippen molar-refractivity contribution < 1.29 is 31.2 Å². The van der Waals surface area contributed by atoms with E-state index in [1.54, 1.807) is 4.72 Å². The monoisotopic (exact) mass is 437 g/mol. The van der Waals surface area contributed by atoms with E-state index in [1.807, 2.05) is 0 Å². The van der Waals surface area contributed by atoms with Crippen molar-refractivity contribution in [3.8, 4) is 0 Å². The number of amides is 1. The molecule has 0 unspecified atom stereocenters. The number of carbonyl (C=O) groups is 2. The maximum absolute atomic E-state index is 12.3. The van der Waals surface area contributed by atoms with Crippen LogP contribution in [0.4, 0.5) is 13.2 Å². The number of halogens is 5. The smallest absolute Gasteiger partial charge is 0.283 e. The Hall–Kier alpha value is -1.14. The first kappa shape index (κ1) is 19.2. The van der Waals surface area contributed by atoms with Gasteiger partial charge in [0.15, 0.2) is 0 Å². The van der Waals surface area contributed by atoms with Gasteiger partial charge in [-0.25, -0.2) is 13.1 Å². The molecule has 0 aliphatic heterocycles. The molecule has 1 amide bonds. The number of nitrogens with one attached hydrogen (secondary N) is 1. The van der Waals surface area contributed by atoms with E-state index in [4.69, 9.17) is 23.2 Å². The molecular formula is C11H4Cl2F3NO4S3. The van der Waals surface area contributed by atoms with Crippen molar-refractivity contribution in [3.05, 3.63) is 36.6 Å². The van der Waals surface area contributed by atoms with E-state index in [2.05, 4.69) is 0 Å². The molecule has 13 heteroatoms. The molecule has 0 aliphatic carbocycles. The van der Waals surface area contributed by atoms with Crippen LogP contribution < -0.4 is 4.72 Å². The normalized spacial score (nSPS) is 12.2. The first-order chi connectivity index (χ1) is 10.9. The molecule has 24 heavy (non-hydrogen) atoms. The zero-order chi connectivity index (χ0) is 18.3. The van der Waals surface area contributed by atoms with Crippen molar-refractivity contribution in [2.75, 3.05) is 0 Å². The summed E-state index contributed by atoms with van der Waals surface area (Å²) >= 11 is 12.3. The van der Waals surface area contributed by atoms with Crippen molar-refractivity contribution in [2.24, 2.45) is 0 Å². The van der Waals surface area contributed by atoms with Gasteiger partial charge in [0.25, 0.3) is 21.7 Å². The fourth-order valence-corrected chi connectivity index (χ4v) is 5.50. The highest BCUT2D eigenvalue weighted by atomic mass is 35.5. The van der Waals surface area contributed by atoms with Gasteiger partial charge in [0.05, 0.1) is 14.1 Å². The highest BCUT2D eigenvalue weighted by Gasteiger charge is 2.40. The fourth-order valence-electron chi connectivity index (χ4n) is 1.46. The van der Waals surface area contributed by atoms with Gasteiger partial charge in [-0.1, -0.05) is 23.2 Å². The molecule has 130 valence electrons. The molecule has 0 aliphatic rings. The summed E-state index contributed by atoms with van der Waals surface area (Å²) in [5, 5.41) is 0. The minimum atomic E-state index is -5.09. The Bertz CT molecular complexity index is 917. The minimum Gasteiger partial charge on any atom is -0.283 e. The lowest BCUT2D eigenvalue weighted by molar-refractivity contribution is -0.0882. The quantitative estimate of drug-likeness (QED) is 0.733. The Labute approximate surface area is 151 Å². The number of Topliss-reactive ketones (excluding diaryl/α,β-unsaturated/α-hetero) is 1. The molecule has 1 N–H and O–H groups in total. The van der Waals surface area contributed by atoms with E-state index in [0.717, 1.165) is 29.5 Å². The van der Waals surface area contributed by atoms with Gasteiger partial charge in [0, 0.05) is 0 Å². The lowest BCUT2D eigenvalue weighted by Crippen LogP contribution is -2.29. The molecule has 0 spiro atoms. The molecule has 0 aromatic carbocycles. The number of thiophene rings is 2. The molecule has 0 fully saturated rings. The van der Waals surface area contributed by atoms with Crippen molar-refractivity contribution >= 4 is 67.6 Å². The van der Waals surface area contributed by atoms with E-state index in [0.29, 0.717) is 0 Å². The van der Waals surface area contributed by atoms with Crippen LogP contribution in [0, 0.1) is 0 Å². The highest BCUT2D eigenvalue weighted by molar-refractivity contribution is 7.90. The minimum absolute atomic E-state index is 0.0713. The van der Waals surface area contributed by atoms with Crippen LogP contribution in [-0.2, 0) is 10.0 Å². The van der Waals surface area contributed by atoms with Crippen LogP contribution in [0.25, 0.3) is 0 Å². The third kappa shape index (κ3) is 4.09. The molecule has 0 atom stereocenters. The lowest BCUT2D eigenvalue weighted by Gasteiger charge is -2.04. The summed E-state index contributed by atoms with van der Waals surface area (Å²) in [6.07, 6.45) is -5.09. The summed E-state index contributed by atoms with van der Waals surface area (Å²) in [6, 6.07) is 2.73. The van der Waals surface area contributed by atoms with Crippen LogP contribution >= 0.6 is 45.9 Å². The van der Waals surface area contributed by atoms with Crippen molar-refractivity contribution in [3.63, 3.8) is 0 Å². The topological polar surface area (TPSA) is 80.3 Å². The third-order valence-corrected chi connectivity index (χ3v) is 6.62. The predicted molar refractivity (Wildman–Crippen MR) is 83.7 cm³/mol. The Morgan fingerprint density at radius 3 is 2.17 bits per heavy atom. The number of hydrogen-bond acceptors (Lipinski definition) is 6. The fraction of sp³-hybridized carbons (Fsp3) is 0.0909. The van der Waals surface area contributed by atoms with E-state index in [1.165, 1.54) is 0 Å². The molecule has 2 heterocycles. The lowest BCUT2D eigenvalue weighted by atomic mass is 10.3. The summed E-state index contributed by atoms with van der Waals surface area (Å²) < 4.78 is 62.6. The molecule has 2 aromatic heterocycles. The van der Waals surface area contributed by atoms with Gasteiger partial charge >= 0.3 is 6.18 Å². The maximum atomic E-state index is 12.3. The summed E-state index contributed by atoms with van der Waals surface area (Å²) in [5.41, 5.74) is 0. The molecule has 0 saturated carbocycles. The van der Waals surface area contributed by atoms with Crippen LogP contribution in [-0.4, -0.2) is 26.3 Å². The number of ketones is 1. The van der Waals surface area contributed by atoms with Crippen molar-refractivity contribution in [1.29, 1.82) is 0 Å². The van der Waals surface area contributed by atoms with Gasteiger partial charge in [-0.2, -0.15) is 13.2 Å². The van der Waals surface area contributed by atoms with Gasteiger partial charge in [-0.3, -0.25) is 9.59 Å². The Balaban J connectivity index is 2.23. The van der Waals surface area contributed by atoms with Gasteiger partial charge in [0.1, 0.15) is 9.23 Å². The summed E-state index contributed by atoms with van der Waals surface area (Å²) in [5.74, 6) is -3.32. The zero-order valence-corrected chi connectivity index (χ0v) is 14.9. The van der Waals surface area contributed by atoms with Crippen LogP contribution in [0.5, 0.6) is 0 Å². The Morgan fingerprint density at radius 1 is 1.08 bits per heavy atom. The van der Waals surface area contributed by atoms with E-state index < -0.39 is 37.7 Å². The molecule has 0 radical (unpaired) electrons. The third-order valence-electron chi connectivity index (χ3n) is 2.45. The van der Waals surface area contributed by atoms with Gasteiger partial charge < -0.3 is 0 Å². The number of alkyl halides is 3. The second-order valence-electron chi connectivity index (χ2n) is 4.11. The van der Waals surface area contributed by atoms with Crippen molar-refractivity contribution in [1.82, 2.24) is 4.72 Å². The SMILES string of the molecule is O=C(NS(=O)(=O)c1cc(Cl)sc1Cl)c1ccc(C(=O)C(F)(F)F)s1. The average molecular weight is 438 g/mol. The molecule has 5 nitrogen and oxygen atoms in total. The maximum Gasteiger partial charge on any atom is 0.455 e. The van der Waals surface area contributed by atoms with E-state index in [9.17, 15) is 31.2 Å². The number of carbonyl (C=O) groups excluding carboxylic acids is 2. The van der Waals surface area contributed by atoms with Crippen LogP contribution in [0.3, 0.4) is 0 Å². The molecule has 0 bridgehead atoms. The number of sulfonamides is 1. The van der Waals surface area contributed by atoms with Gasteiger partial charge in [-0.15, -0.1) is 22.7 Å². The van der Waals surface area contributed by atoms with E-state index in [-0.39, 0.29) is 24.9 Å². The zero-order valence-electron chi connectivity index (χ0n) is 11.0. The Kier molecular flexibility index (Phi) is 5.31. The molecule has 0 saturated heterocycles. The molecule has 2 aromatic rings. The second-order valence-corrected chi connectivity index (χ2v) is 9.13. The van der Waals surface area contributed by atoms with E-state index >= 15 is 0 Å². The standard InChI is InChI=1S/C11H4Cl2F3NO4S3/c12-7-3-6(9(13)23-7)24(20,21)17-10(19)5-2-1-4(22-5)8(18)11(14,15)16/h1-3H,(H,17,19). The summed E-state index contributed by atoms with van der Waals surface area (Å²) in [6.45, 7) is 0. The highest BCUT2D eigenvalue weighted by Crippen LogP contribution is 2.34. The van der Waals surface area contributed by atoms with Gasteiger partial charge in [-0.05, 0) is 18.2 Å². The average Bonchev–Trinajstić information content (AvgIpc) is 3.03. The first-order valence-corrected chi connectivity index (χ1v) is 9.52. The second kappa shape index (κ2) is 6.64. The largest absolute Gasteiger partial charge is 0.455 e. The van der Waals surface area contributed by atoms with Crippen LogP contribution in [0.15, 0.2) is 23.1 Å². The van der Waals surface area contributed by atoms with Gasteiger partial charge in [0.2, 0.25) is 0 Å². The first-order valence-electron chi connectivity index (χ1n) is 5.65. The molecule has 2 rings (SSSR count). The number of rotatable bonds is 4. The number of hydrogen-bond donors (Lipinski definition) is 1. The summed E-state index contributed by atoms with van der Waals surface area (Å²) in [7, 11) is -4.36.